The molecule has 0 aromatic heterocycles. The molecular formula is C70H92O11Si3. The van der Waals surface area contributed by atoms with Crippen LogP contribution < -0.4 is 20.7 Å². The van der Waals surface area contributed by atoms with Gasteiger partial charge in [0.1, 0.15) is 5.57 Å². The number of ketones is 1. The number of benzene rings is 4. The maximum atomic E-state index is 15.3. The lowest BCUT2D eigenvalue weighted by atomic mass is 9.62. The SMILES string of the molecule is COC(=O)[C@@]1(OC(C)=O)C[C@H](C)C(CO[Si](c2ccccc2)(c2ccccc2)C(C)(C)C)=C[C@]1(C)/C=C/C(=O)C1=C(OC)[C@@]2(C[C@H](C)C(CO[Si](c3ccccc3)(c3ccccc3)C(C)(C)C)=C[C@]2(C)/C=C/CO[Si](C)(C)C(C)(C)C)OC1=O. The van der Waals surface area contributed by atoms with Gasteiger partial charge in [0.2, 0.25) is 5.60 Å². The summed E-state index contributed by atoms with van der Waals surface area (Å²) in [6.07, 6.45) is 11.1. The summed E-state index contributed by atoms with van der Waals surface area (Å²) in [5.41, 5.74) is -4.46. The number of hydrogen-bond donors (Lipinski definition) is 0. The molecule has 0 N–H and O–H groups in total. The minimum absolute atomic E-state index is 0.0115. The topological polar surface area (TPSA) is 133 Å². The van der Waals surface area contributed by atoms with Gasteiger partial charge in [-0.25, -0.2) is 9.59 Å². The summed E-state index contributed by atoms with van der Waals surface area (Å²) >= 11 is 0. The van der Waals surface area contributed by atoms with E-state index in [-0.39, 0.29) is 57.7 Å². The number of ether oxygens (including phenoxy) is 4. The Balaban J connectivity index is 1.35. The van der Waals surface area contributed by atoms with E-state index >= 15 is 4.79 Å². The molecule has 1 aliphatic heterocycles. The Bertz CT molecular complexity index is 3100. The number of carbonyl (C=O) groups is 4. The summed E-state index contributed by atoms with van der Waals surface area (Å²) in [6.45, 7) is 34.2. The van der Waals surface area contributed by atoms with E-state index in [1.54, 1.807) is 13.0 Å². The van der Waals surface area contributed by atoms with Crippen LogP contribution in [0.5, 0.6) is 0 Å². The predicted octanol–water partition coefficient (Wildman–Crippen LogP) is 12.5. The highest BCUT2D eigenvalue weighted by molar-refractivity contribution is 7.00. The molecule has 4 aromatic carbocycles. The molecule has 6 atom stereocenters. The second kappa shape index (κ2) is 24.8. The van der Waals surface area contributed by atoms with Crippen molar-refractivity contribution in [1.29, 1.82) is 0 Å². The van der Waals surface area contributed by atoms with Crippen molar-refractivity contribution in [2.24, 2.45) is 22.7 Å². The van der Waals surface area contributed by atoms with E-state index in [9.17, 15) is 14.4 Å². The van der Waals surface area contributed by atoms with Gasteiger partial charge in [-0.1, -0.05) is 228 Å². The first-order valence-electron chi connectivity index (χ1n) is 29.5. The summed E-state index contributed by atoms with van der Waals surface area (Å²) in [5.74, 6) is -3.54. The number of esters is 3. The number of carbonyl (C=O) groups excluding carboxylic acids is 4. The van der Waals surface area contributed by atoms with Gasteiger partial charge in [0.15, 0.2) is 25.5 Å². The van der Waals surface area contributed by atoms with E-state index in [0.717, 1.165) is 31.9 Å². The molecule has 0 saturated carbocycles. The summed E-state index contributed by atoms with van der Waals surface area (Å²) in [5, 5.41) is 3.85. The Labute approximate surface area is 504 Å². The molecule has 4 aromatic rings. The van der Waals surface area contributed by atoms with Crippen LogP contribution in [0.3, 0.4) is 0 Å². The number of allylic oxidation sites excluding steroid dienone is 1. The van der Waals surface area contributed by atoms with Gasteiger partial charge in [0.25, 0.3) is 16.6 Å². The molecule has 14 heteroatoms. The van der Waals surface area contributed by atoms with Crippen molar-refractivity contribution in [3.8, 4) is 0 Å². The minimum atomic E-state index is -3.07. The standard InChI is InChI=1S/C70H92O11Si3/c1-50-44-69(67(13,41-31-43-77-82(17,18)64(4,5)6)46-53(50)48-78-83(65(7,8)9,55-32-23-19-24-33-55)56-34-25-20-26-35-56)61(75-15)60(62(73)81-69)59(72)40-42-68(14)47-54(51(2)45-70(68,63(74)76-16)80-52(3)71)49-79-84(66(10,11)12,57-36-27-21-28-37-57)58-38-29-22-30-39-58/h19-42,46-47,50-51H,43-45,48-49H2,1-18H3/b41-31+,42-40+/t50-,51-,67-,68-,69+,70-/m0/s1. The molecule has 1 heterocycles. The van der Waals surface area contributed by atoms with Crippen LogP contribution in [-0.2, 0) is 51.4 Å². The average molecular weight is 1190 g/mol. The van der Waals surface area contributed by atoms with Gasteiger partial charge >= 0.3 is 17.9 Å². The van der Waals surface area contributed by atoms with E-state index in [4.69, 9.17) is 32.2 Å². The van der Waals surface area contributed by atoms with E-state index < -0.39 is 70.7 Å². The van der Waals surface area contributed by atoms with Gasteiger partial charge in [-0.15, -0.1) is 0 Å². The molecule has 0 radical (unpaired) electrons. The third kappa shape index (κ3) is 12.1. The molecule has 2 aliphatic carbocycles. The highest BCUT2D eigenvalue weighted by Crippen LogP contribution is 2.57. The zero-order valence-corrected chi connectivity index (χ0v) is 56.2. The van der Waals surface area contributed by atoms with Gasteiger partial charge in [-0.3, -0.25) is 9.59 Å². The number of methoxy groups -OCH3 is 2. The third-order valence-corrected chi connectivity index (χ3v) is 33.1. The van der Waals surface area contributed by atoms with Crippen molar-refractivity contribution in [2.75, 3.05) is 34.0 Å². The molecule has 0 saturated heterocycles. The van der Waals surface area contributed by atoms with Crippen LogP contribution >= 0.6 is 0 Å². The first-order chi connectivity index (χ1) is 39.3. The zero-order valence-electron chi connectivity index (χ0n) is 53.2. The fraction of sp³-hybridized carbons (Fsp3) is 0.457. The predicted molar refractivity (Wildman–Crippen MR) is 343 cm³/mol. The van der Waals surface area contributed by atoms with E-state index in [2.05, 4.69) is 161 Å². The molecule has 11 nitrogen and oxygen atoms in total. The smallest absolute Gasteiger partial charge is 0.351 e. The van der Waals surface area contributed by atoms with Crippen molar-refractivity contribution in [3.05, 3.63) is 180 Å². The molecule has 1 spiro atoms. The summed E-state index contributed by atoms with van der Waals surface area (Å²) in [6, 6.07) is 41.7. The summed E-state index contributed by atoms with van der Waals surface area (Å²) < 4.78 is 46.3. The lowest BCUT2D eigenvalue weighted by Crippen LogP contribution is -2.67. The van der Waals surface area contributed by atoms with Crippen molar-refractivity contribution >= 4 is 69.4 Å². The van der Waals surface area contributed by atoms with Gasteiger partial charge < -0.3 is 32.2 Å². The van der Waals surface area contributed by atoms with Crippen LogP contribution in [0.25, 0.3) is 0 Å². The minimum Gasteiger partial charge on any atom is -0.496 e. The molecule has 0 amide bonds. The molecule has 7 rings (SSSR count). The molecule has 0 bridgehead atoms. The Morgan fingerprint density at radius 2 is 1.02 bits per heavy atom. The highest BCUT2D eigenvalue weighted by Gasteiger charge is 2.64. The fourth-order valence-electron chi connectivity index (χ4n) is 13.0. The maximum Gasteiger partial charge on any atom is 0.351 e. The van der Waals surface area contributed by atoms with Crippen molar-refractivity contribution in [2.45, 2.75) is 149 Å². The molecule has 450 valence electrons. The van der Waals surface area contributed by atoms with Crippen LogP contribution in [-0.4, -0.2) is 93.9 Å². The largest absolute Gasteiger partial charge is 0.496 e. The summed E-state index contributed by atoms with van der Waals surface area (Å²) in [7, 11) is -5.55. The Kier molecular flexibility index (Phi) is 19.3. The first-order valence-corrected chi connectivity index (χ1v) is 36.3. The molecule has 0 fully saturated rings. The maximum absolute atomic E-state index is 15.3. The second-order valence-corrected chi connectivity index (χ2v) is 40.7. The first kappa shape index (κ1) is 65.5. The quantitative estimate of drug-likeness (QED) is 0.0209. The normalized spacial score (nSPS) is 24.5. The zero-order chi connectivity index (χ0) is 62.0. The molecule has 3 aliphatic rings. The lowest BCUT2D eigenvalue weighted by Gasteiger charge is -2.49. The van der Waals surface area contributed by atoms with Gasteiger partial charge in [0.05, 0.1) is 44.9 Å². The van der Waals surface area contributed by atoms with Crippen molar-refractivity contribution in [3.63, 3.8) is 0 Å². The van der Waals surface area contributed by atoms with E-state index in [1.165, 1.54) is 27.2 Å². The van der Waals surface area contributed by atoms with Crippen LogP contribution in [0.15, 0.2) is 180 Å². The number of rotatable bonds is 20. The summed E-state index contributed by atoms with van der Waals surface area (Å²) in [4.78, 5) is 57.8. The molecular weight excluding hydrogens is 1100 g/mol. The molecule has 0 unspecified atom stereocenters. The van der Waals surface area contributed by atoms with Crippen LogP contribution in [0.2, 0.25) is 28.2 Å². The van der Waals surface area contributed by atoms with Crippen LogP contribution in [0, 0.1) is 22.7 Å². The van der Waals surface area contributed by atoms with Gasteiger partial charge in [0, 0.05) is 19.8 Å². The molecule has 84 heavy (non-hydrogen) atoms. The highest BCUT2D eigenvalue weighted by atomic mass is 28.4. The van der Waals surface area contributed by atoms with Crippen LogP contribution in [0.4, 0.5) is 0 Å². The van der Waals surface area contributed by atoms with Crippen molar-refractivity contribution in [1.82, 2.24) is 0 Å². The average Bonchev–Trinajstić information content (AvgIpc) is 1.44. The fourth-order valence-corrected chi connectivity index (χ4v) is 23.0. The second-order valence-electron chi connectivity index (χ2n) is 27.3. The van der Waals surface area contributed by atoms with E-state index in [1.807, 2.05) is 80.6 Å². The van der Waals surface area contributed by atoms with E-state index in [0.29, 0.717) is 13.2 Å². The Morgan fingerprint density at radius 3 is 1.40 bits per heavy atom. The number of hydrogen-bond acceptors (Lipinski definition) is 11. The monoisotopic (exact) mass is 1190 g/mol. The van der Waals surface area contributed by atoms with Gasteiger partial charge in [-0.05, 0) is 91.9 Å². The Morgan fingerprint density at radius 1 is 0.607 bits per heavy atom. The third-order valence-electron chi connectivity index (χ3n) is 18.6. The van der Waals surface area contributed by atoms with Crippen LogP contribution in [0.1, 0.15) is 110 Å². The Hall–Kier alpha value is -6.01. The van der Waals surface area contributed by atoms with Gasteiger partial charge in [-0.2, -0.15) is 0 Å². The van der Waals surface area contributed by atoms with Crippen molar-refractivity contribution < 1.29 is 51.4 Å². The lowest BCUT2D eigenvalue weighted by molar-refractivity contribution is -0.193.